The van der Waals surface area contributed by atoms with Gasteiger partial charge >= 0.3 is 5.97 Å². The second kappa shape index (κ2) is 5.29. The largest absolute Gasteiger partial charge is 0.481 e. The fourth-order valence-electron chi connectivity index (χ4n) is 1.70. The average molecular weight is 282 g/mol. The van der Waals surface area contributed by atoms with Gasteiger partial charge in [-0.3, -0.25) is 4.79 Å². The molecule has 0 aromatic carbocycles. The molecule has 1 N–H and O–H groups in total. The summed E-state index contributed by atoms with van der Waals surface area (Å²) in [6.07, 6.45) is 2.92. The van der Waals surface area contributed by atoms with Gasteiger partial charge in [-0.15, -0.1) is 11.3 Å². The highest BCUT2D eigenvalue weighted by Gasteiger charge is 2.42. The van der Waals surface area contributed by atoms with Crippen LogP contribution in [0.4, 0.5) is 0 Å². The number of nitrogens with zero attached hydrogens (tertiary/aromatic N) is 2. The predicted molar refractivity (Wildman–Crippen MR) is 70.8 cm³/mol. The minimum atomic E-state index is -0.818. The average Bonchev–Trinajstić information content (AvgIpc) is 2.97. The molecule has 0 saturated heterocycles. The van der Waals surface area contributed by atoms with Crippen molar-refractivity contribution in [3.8, 4) is 6.07 Å². The van der Waals surface area contributed by atoms with Crippen LogP contribution in [0.15, 0.2) is 4.34 Å². The molecule has 1 aromatic rings. The molecule has 0 radical (unpaired) electrons. The van der Waals surface area contributed by atoms with Gasteiger partial charge in [-0.2, -0.15) is 5.26 Å². The van der Waals surface area contributed by atoms with E-state index in [1.54, 1.807) is 11.8 Å². The molecule has 1 heterocycles. The van der Waals surface area contributed by atoms with Crippen LogP contribution in [0, 0.1) is 23.7 Å². The molecule has 1 aliphatic rings. The van der Waals surface area contributed by atoms with Crippen molar-refractivity contribution in [3.63, 3.8) is 0 Å². The summed E-state index contributed by atoms with van der Waals surface area (Å²) >= 11 is 3.12. The molecule has 0 unspecified atom stereocenters. The fraction of sp³-hybridized carbons (Fsp3) is 0.583. The predicted octanol–water partition coefficient (Wildman–Crippen LogP) is 2.86. The van der Waals surface area contributed by atoms with Gasteiger partial charge in [0, 0.05) is 17.1 Å². The van der Waals surface area contributed by atoms with Crippen LogP contribution < -0.4 is 0 Å². The minimum Gasteiger partial charge on any atom is -0.481 e. The topological polar surface area (TPSA) is 74.0 Å². The number of hydrogen-bond acceptors (Lipinski definition) is 5. The molecule has 1 aromatic heterocycles. The lowest BCUT2D eigenvalue weighted by Crippen LogP contribution is -2.02. The van der Waals surface area contributed by atoms with Crippen molar-refractivity contribution in [1.82, 2.24) is 4.98 Å². The summed E-state index contributed by atoms with van der Waals surface area (Å²) < 4.78 is 0.924. The molecule has 4 nitrogen and oxygen atoms in total. The van der Waals surface area contributed by atoms with Gasteiger partial charge in [0.05, 0.1) is 18.2 Å². The van der Waals surface area contributed by atoms with Gasteiger partial charge in [-0.05, 0) is 25.2 Å². The Balaban J connectivity index is 1.94. The smallest absolute Gasteiger partial charge is 0.308 e. The standard InChI is InChI=1S/C12H14N2O2S2/c1-8-9(6-10(15)16)18-11(14-8)17-7-12(2-3-12)4-5-13/h2-4,6-7H2,1H3,(H,15,16). The lowest BCUT2D eigenvalue weighted by atomic mass is 10.1. The highest BCUT2D eigenvalue weighted by molar-refractivity contribution is 8.01. The van der Waals surface area contributed by atoms with E-state index in [0.29, 0.717) is 6.42 Å². The van der Waals surface area contributed by atoms with E-state index in [1.807, 2.05) is 6.92 Å². The van der Waals surface area contributed by atoms with Crippen molar-refractivity contribution in [2.24, 2.45) is 5.41 Å². The number of carbonyl (C=O) groups is 1. The molecule has 0 atom stereocenters. The van der Waals surface area contributed by atoms with E-state index < -0.39 is 5.97 Å². The third-order valence-corrected chi connectivity index (χ3v) is 5.75. The second-order valence-corrected chi connectivity index (χ2v) is 6.99. The van der Waals surface area contributed by atoms with E-state index in [9.17, 15) is 4.79 Å². The van der Waals surface area contributed by atoms with E-state index in [1.165, 1.54) is 11.3 Å². The molecule has 1 fully saturated rings. The second-order valence-electron chi connectivity index (χ2n) is 4.68. The van der Waals surface area contributed by atoms with Crippen LogP contribution in [0.25, 0.3) is 0 Å². The summed E-state index contributed by atoms with van der Waals surface area (Å²) in [5, 5.41) is 17.5. The molecular formula is C12H14N2O2S2. The first kappa shape index (κ1) is 13.4. The van der Waals surface area contributed by atoms with Gasteiger partial charge in [0.2, 0.25) is 0 Å². The molecule has 96 valence electrons. The molecule has 2 rings (SSSR count). The molecule has 1 aliphatic carbocycles. The van der Waals surface area contributed by atoms with E-state index in [-0.39, 0.29) is 11.8 Å². The first-order valence-electron chi connectivity index (χ1n) is 5.72. The highest BCUT2D eigenvalue weighted by Crippen LogP contribution is 2.52. The molecule has 18 heavy (non-hydrogen) atoms. The number of carboxylic acid groups (broad SMARTS) is 1. The first-order chi connectivity index (χ1) is 8.54. The Morgan fingerprint density at radius 3 is 2.94 bits per heavy atom. The number of thioether (sulfide) groups is 1. The molecular weight excluding hydrogens is 268 g/mol. The number of thiazole rings is 1. The van der Waals surface area contributed by atoms with Gasteiger partial charge < -0.3 is 5.11 Å². The summed E-state index contributed by atoms with van der Waals surface area (Å²) in [7, 11) is 0. The van der Waals surface area contributed by atoms with Crippen LogP contribution in [0.2, 0.25) is 0 Å². The number of nitriles is 1. The van der Waals surface area contributed by atoms with Gasteiger partial charge in [-0.25, -0.2) is 4.98 Å². The number of aliphatic carboxylic acids is 1. The third-order valence-electron chi connectivity index (χ3n) is 3.10. The van der Waals surface area contributed by atoms with Gasteiger partial charge in [0.25, 0.3) is 0 Å². The van der Waals surface area contributed by atoms with Crippen molar-refractivity contribution in [3.05, 3.63) is 10.6 Å². The normalized spacial score (nSPS) is 16.2. The minimum absolute atomic E-state index is 0.0490. The van der Waals surface area contributed by atoms with Gasteiger partial charge in [0.15, 0.2) is 0 Å². The Hall–Kier alpha value is -1.06. The lowest BCUT2D eigenvalue weighted by Gasteiger charge is -2.07. The van der Waals surface area contributed by atoms with E-state index in [4.69, 9.17) is 10.4 Å². The number of hydrogen-bond donors (Lipinski definition) is 1. The van der Waals surface area contributed by atoms with E-state index in [0.717, 1.165) is 33.5 Å². The summed E-state index contributed by atoms with van der Waals surface area (Å²) in [4.78, 5) is 15.9. The molecule has 1 saturated carbocycles. The highest BCUT2D eigenvalue weighted by atomic mass is 32.2. The maximum absolute atomic E-state index is 10.7. The molecule has 0 bridgehead atoms. The number of aryl methyl sites for hydroxylation is 1. The molecule has 0 spiro atoms. The van der Waals surface area contributed by atoms with E-state index >= 15 is 0 Å². The third kappa shape index (κ3) is 3.24. The van der Waals surface area contributed by atoms with Crippen molar-refractivity contribution in [2.45, 2.75) is 36.9 Å². The van der Waals surface area contributed by atoms with Crippen molar-refractivity contribution >= 4 is 29.1 Å². The van der Waals surface area contributed by atoms with Crippen molar-refractivity contribution in [2.75, 3.05) is 5.75 Å². The van der Waals surface area contributed by atoms with Gasteiger partial charge in [-0.1, -0.05) is 11.8 Å². The zero-order chi connectivity index (χ0) is 13.2. The summed E-state index contributed by atoms with van der Waals surface area (Å²) in [6.45, 7) is 1.85. The summed E-state index contributed by atoms with van der Waals surface area (Å²) in [6, 6.07) is 2.24. The Morgan fingerprint density at radius 2 is 2.39 bits per heavy atom. The van der Waals surface area contributed by atoms with Crippen LogP contribution in [-0.2, 0) is 11.2 Å². The van der Waals surface area contributed by atoms with Crippen LogP contribution in [0.5, 0.6) is 0 Å². The van der Waals surface area contributed by atoms with Crippen LogP contribution in [-0.4, -0.2) is 21.8 Å². The summed E-state index contributed by atoms with van der Waals surface area (Å²) in [5.41, 5.74) is 1.02. The Bertz CT molecular complexity index is 501. The van der Waals surface area contributed by atoms with Crippen LogP contribution in [0.3, 0.4) is 0 Å². The van der Waals surface area contributed by atoms with Gasteiger partial charge in [0.1, 0.15) is 4.34 Å². The fourth-order valence-corrected chi connectivity index (χ4v) is 4.21. The Labute approximate surface area is 114 Å². The summed E-state index contributed by atoms with van der Waals surface area (Å²) in [5.74, 6) is 0.0986. The number of rotatable bonds is 6. The maximum Gasteiger partial charge on any atom is 0.308 e. The SMILES string of the molecule is Cc1nc(SCC2(CC#N)CC2)sc1CC(=O)O. The Kier molecular flexibility index (Phi) is 3.93. The maximum atomic E-state index is 10.7. The molecule has 0 amide bonds. The van der Waals surface area contributed by atoms with Crippen molar-refractivity contribution < 1.29 is 9.90 Å². The quantitative estimate of drug-likeness (QED) is 0.812. The monoisotopic (exact) mass is 282 g/mol. The number of aromatic nitrogens is 1. The van der Waals surface area contributed by atoms with Crippen molar-refractivity contribution in [1.29, 1.82) is 5.26 Å². The van der Waals surface area contributed by atoms with Crippen LogP contribution in [0.1, 0.15) is 29.8 Å². The molecule has 6 heteroatoms. The Morgan fingerprint density at radius 1 is 1.67 bits per heavy atom. The zero-order valence-electron chi connectivity index (χ0n) is 10.1. The van der Waals surface area contributed by atoms with E-state index in [2.05, 4.69) is 11.1 Å². The molecule has 0 aliphatic heterocycles. The van der Waals surface area contributed by atoms with Crippen LogP contribution >= 0.6 is 23.1 Å². The first-order valence-corrected chi connectivity index (χ1v) is 7.53. The number of carboxylic acids is 1. The lowest BCUT2D eigenvalue weighted by molar-refractivity contribution is -0.136. The zero-order valence-corrected chi connectivity index (χ0v) is 11.7.